The van der Waals surface area contributed by atoms with Crippen LogP contribution in [0.3, 0.4) is 0 Å². The van der Waals surface area contributed by atoms with E-state index < -0.39 is 11.9 Å². The zero-order chi connectivity index (χ0) is 9.14. The van der Waals surface area contributed by atoms with Gasteiger partial charge in [0.05, 0.1) is 0 Å². The molecule has 4 nitrogen and oxygen atoms in total. The second kappa shape index (κ2) is 3.64. The summed E-state index contributed by atoms with van der Waals surface area (Å²) in [6, 6.07) is 0. The molecule has 1 rings (SSSR count). The topological polar surface area (TPSA) is 76.2 Å². The fourth-order valence-electron chi connectivity index (χ4n) is 0.839. The number of nitrogens with zero attached hydrogens (tertiary/aromatic N) is 1. The van der Waals surface area contributed by atoms with Crippen molar-refractivity contribution >= 4 is 17.3 Å². The molecule has 0 aromatic carbocycles. The fraction of sp³-hybridized carbons (Fsp3) is 0.429. The monoisotopic (exact) mass is 186 g/mol. The highest BCUT2D eigenvalue weighted by molar-refractivity contribution is 7.09. The van der Waals surface area contributed by atoms with E-state index in [2.05, 4.69) is 4.98 Å². The van der Waals surface area contributed by atoms with Crippen LogP contribution in [-0.4, -0.2) is 22.6 Å². The maximum absolute atomic E-state index is 10.6. The molecular formula is C7H10N2O2S. The molecular weight excluding hydrogens is 176 g/mol. The maximum Gasteiger partial charge on any atom is 0.314 e. The van der Waals surface area contributed by atoms with Crippen molar-refractivity contribution in [3.05, 3.63) is 16.1 Å². The number of hydrogen-bond acceptors (Lipinski definition) is 4. The zero-order valence-electron chi connectivity index (χ0n) is 6.65. The molecule has 1 aromatic heterocycles. The second-order valence-corrected chi connectivity index (χ2v) is 3.34. The molecule has 0 aliphatic rings. The summed E-state index contributed by atoms with van der Waals surface area (Å²) in [5.74, 6) is -1.56. The molecule has 0 aliphatic carbocycles. The minimum atomic E-state index is -0.910. The Bertz CT molecular complexity index is 285. The highest BCUT2D eigenvalue weighted by Crippen LogP contribution is 2.19. The number of thiazole rings is 1. The van der Waals surface area contributed by atoms with Crippen molar-refractivity contribution < 1.29 is 9.90 Å². The van der Waals surface area contributed by atoms with Crippen molar-refractivity contribution in [2.45, 2.75) is 12.8 Å². The number of nitrogens with two attached hydrogens (primary N) is 1. The van der Waals surface area contributed by atoms with E-state index in [1.54, 1.807) is 0 Å². The third kappa shape index (κ3) is 1.80. The number of aromatic nitrogens is 1. The molecule has 66 valence electrons. The summed E-state index contributed by atoms with van der Waals surface area (Å²) < 4.78 is 0. The lowest BCUT2D eigenvalue weighted by Gasteiger charge is -2.03. The van der Waals surface area contributed by atoms with E-state index >= 15 is 0 Å². The summed E-state index contributed by atoms with van der Waals surface area (Å²) in [4.78, 5) is 14.7. The molecule has 5 heteroatoms. The third-order valence-corrected chi connectivity index (χ3v) is 2.54. The van der Waals surface area contributed by atoms with Crippen LogP contribution in [0, 0.1) is 6.92 Å². The van der Waals surface area contributed by atoms with E-state index in [9.17, 15) is 4.79 Å². The Hall–Kier alpha value is -0.940. The molecule has 0 radical (unpaired) electrons. The number of carbonyl (C=O) groups is 1. The van der Waals surface area contributed by atoms with Gasteiger partial charge in [-0.05, 0) is 6.92 Å². The average molecular weight is 186 g/mol. The molecule has 1 heterocycles. The molecule has 0 aliphatic heterocycles. The second-order valence-electron chi connectivity index (χ2n) is 2.45. The van der Waals surface area contributed by atoms with Gasteiger partial charge in [-0.25, -0.2) is 4.98 Å². The number of rotatable bonds is 3. The van der Waals surface area contributed by atoms with E-state index in [-0.39, 0.29) is 6.54 Å². The van der Waals surface area contributed by atoms with Gasteiger partial charge in [-0.2, -0.15) is 0 Å². The first kappa shape index (κ1) is 9.15. The van der Waals surface area contributed by atoms with Crippen LogP contribution in [0.4, 0.5) is 0 Å². The van der Waals surface area contributed by atoms with Gasteiger partial charge in [-0.1, -0.05) is 0 Å². The maximum atomic E-state index is 10.6. The summed E-state index contributed by atoms with van der Waals surface area (Å²) in [7, 11) is 0. The Morgan fingerprint density at radius 3 is 2.92 bits per heavy atom. The molecule has 12 heavy (non-hydrogen) atoms. The van der Waals surface area contributed by atoms with Crippen molar-refractivity contribution in [3.8, 4) is 0 Å². The molecule has 0 fully saturated rings. The lowest BCUT2D eigenvalue weighted by molar-refractivity contribution is -0.138. The van der Waals surface area contributed by atoms with Crippen LogP contribution in [0.5, 0.6) is 0 Å². The molecule has 3 N–H and O–H groups in total. The first-order chi connectivity index (χ1) is 5.65. The number of carboxylic acids is 1. The molecule has 1 atom stereocenters. The van der Waals surface area contributed by atoms with Crippen molar-refractivity contribution in [3.63, 3.8) is 0 Å². The third-order valence-electron chi connectivity index (χ3n) is 1.47. The SMILES string of the molecule is Cc1csc(C(CN)C(=O)O)n1. The van der Waals surface area contributed by atoms with Gasteiger partial charge in [0.15, 0.2) is 0 Å². The van der Waals surface area contributed by atoms with Gasteiger partial charge >= 0.3 is 5.97 Å². The highest BCUT2D eigenvalue weighted by Gasteiger charge is 2.20. The number of hydrogen-bond donors (Lipinski definition) is 2. The Morgan fingerprint density at radius 1 is 1.92 bits per heavy atom. The van der Waals surface area contributed by atoms with Crippen LogP contribution in [0.25, 0.3) is 0 Å². The predicted octanol–water partition coefficient (Wildman–Crippen LogP) is 0.578. The Labute approximate surface area is 74.0 Å². The molecule has 0 bridgehead atoms. The Morgan fingerprint density at radius 2 is 2.58 bits per heavy atom. The summed E-state index contributed by atoms with van der Waals surface area (Å²) in [5.41, 5.74) is 6.14. The van der Waals surface area contributed by atoms with E-state index in [1.807, 2.05) is 12.3 Å². The van der Waals surface area contributed by atoms with Crippen LogP contribution < -0.4 is 5.73 Å². The van der Waals surface area contributed by atoms with E-state index in [0.29, 0.717) is 5.01 Å². The largest absolute Gasteiger partial charge is 0.481 e. The van der Waals surface area contributed by atoms with Crippen molar-refractivity contribution in [1.29, 1.82) is 0 Å². The molecule has 0 amide bonds. The van der Waals surface area contributed by atoms with Crippen LogP contribution >= 0.6 is 11.3 Å². The first-order valence-electron chi connectivity index (χ1n) is 3.50. The zero-order valence-corrected chi connectivity index (χ0v) is 7.47. The lowest BCUT2D eigenvalue weighted by atomic mass is 10.2. The van der Waals surface area contributed by atoms with E-state index in [1.165, 1.54) is 11.3 Å². The van der Waals surface area contributed by atoms with Gasteiger partial charge in [0, 0.05) is 17.6 Å². The summed E-state index contributed by atoms with van der Waals surface area (Å²) in [6.45, 7) is 1.93. The Balaban J connectivity index is 2.87. The van der Waals surface area contributed by atoms with E-state index in [0.717, 1.165) is 5.69 Å². The summed E-state index contributed by atoms with van der Waals surface area (Å²) in [6.07, 6.45) is 0. The number of carboxylic acid groups (broad SMARTS) is 1. The normalized spacial score (nSPS) is 12.8. The molecule has 1 aromatic rings. The first-order valence-corrected chi connectivity index (χ1v) is 4.38. The molecule has 0 saturated heterocycles. The summed E-state index contributed by atoms with van der Waals surface area (Å²) in [5, 5.41) is 11.1. The minimum absolute atomic E-state index is 0.0995. The standard InChI is InChI=1S/C7H10N2O2S/c1-4-3-12-6(9-4)5(2-8)7(10)11/h3,5H,2,8H2,1H3,(H,10,11). The average Bonchev–Trinajstić information content (AvgIpc) is 2.37. The van der Waals surface area contributed by atoms with Crippen molar-refractivity contribution in [1.82, 2.24) is 4.98 Å². The number of aryl methyl sites for hydroxylation is 1. The van der Waals surface area contributed by atoms with Crippen LogP contribution in [0.15, 0.2) is 5.38 Å². The predicted molar refractivity (Wildman–Crippen MR) is 46.3 cm³/mol. The van der Waals surface area contributed by atoms with Gasteiger partial charge in [-0.15, -0.1) is 11.3 Å². The van der Waals surface area contributed by atoms with Gasteiger partial charge in [-0.3, -0.25) is 4.79 Å². The highest BCUT2D eigenvalue weighted by atomic mass is 32.1. The van der Waals surface area contributed by atoms with Crippen LogP contribution in [0.2, 0.25) is 0 Å². The van der Waals surface area contributed by atoms with Crippen LogP contribution in [0.1, 0.15) is 16.6 Å². The number of aliphatic carboxylic acids is 1. The smallest absolute Gasteiger partial charge is 0.314 e. The molecule has 0 saturated carbocycles. The minimum Gasteiger partial charge on any atom is -0.481 e. The van der Waals surface area contributed by atoms with Gasteiger partial charge in [0.1, 0.15) is 10.9 Å². The Kier molecular flexibility index (Phi) is 2.78. The van der Waals surface area contributed by atoms with Crippen molar-refractivity contribution in [2.24, 2.45) is 5.73 Å². The van der Waals surface area contributed by atoms with Gasteiger partial charge in [0.2, 0.25) is 0 Å². The molecule has 1 unspecified atom stereocenters. The van der Waals surface area contributed by atoms with Crippen LogP contribution in [-0.2, 0) is 4.79 Å². The van der Waals surface area contributed by atoms with Crippen molar-refractivity contribution in [2.75, 3.05) is 6.54 Å². The fourth-order valence-corrected chi connectivity index (χ4v) is 1.74. The van der Waals surface area contributed by atoms with Gasteiger partial charge in [0.25, 0.3) is 0 Å². The van der Waals surface area contributed by atoms with E-state index in [4.69, 9.17) is 10.8 Å². The summed E-state index contributed by atoms with van der Waals surface area (Å²) >= 11 is 1.34. The molecule has 0 spiro atoms. The van der Waals surface area contributed by atoms with Gasteiger partial charge < -0.3 is 10.8 Å². The lowest BCUT2D eigenvalue weighted by Crippen LogP contribution is -2.20. The quantitative estimate of drug-likeness (QED) is 0.724.